The summed E-state index contributed by atoms with van der Waals surface area (Å²) < 4.78 is 65.7. The highest BCUT2D eigenvalue weighted by molar-refractivity contribution is 5.83. The Labute approximate surface area is 187 Å². The highest BCUT2D eigenvalue weighted by Crippen LogP contribution is 2.38. The van der Waals surface area contributed by atoms with Crippen LogP contribution in [-0.4, -0.2) is 72.1 Å². The van der Waals surface area contributed by atoms with Gasteiger partial charge in [0, 0.05) is 18.1 Å². The number of aliphatic carboxylic acids is 2. The van der Waals surface area contributed by atoms with Gasteiger partial charge >= 0.3 is 24.3 Å². The largest absolute Gasteiger partial charge is 0.490 e. The van der Waals surface area contributed by atoms with Gasteiger partial charge in [0.1, 0.15) is 11.8 Å². The lowest BCUT2D eigenvalue weighted by Gasteiger charge is -2.21. The van der Waals surface area contributed by atoms with E-state index in [4.69, 9.17) is 19.8 Å². The van der Waals surface area contributed by atoms with Crippen LogP contribution >= 0.6 is 0 Å². The minimum absolute atomic E-state index is 0.502. The monoisotopic (exact) mass is 498 g/mol. The molecule has 1 aliphatic carbocycles. The van der Waals surface area contributed by atoms with Gasteiger partial charge in [0.2, 0.25) is 0 Å². The fourth-order valence-electron chi connectivity index (χ4n) is 3.72. The van der Waals surface area contributed by atoms with E-state index >= 15 is 0 Å². The number of imidazole rings is 1. The fraction of sp³-hybridized carbons (Fsp3) is 0.611. The number of halogens is 6. The van der Waals surface area contributed by atoms with Crippen molar-refractivity contribution in [3.05, 3.63) is 12.7 Å². The van der Waals surface area contributed by atoms with Gasteiger partial charge in [0.15, 0.2) is 11.5 Å². The highest BCUT2D eigenvalue weighted by Gasteiger charge is 2.41. The van der Waals surface area contributed by atoms with E-state index in [1.807, 2.05) is 6.33 Å². The van der Waals surface area contributed by atoms with Crippen LogP contribution in [0.4, 0.5) is 32.2 Å². The van der Waals surface area contributed by atoms with Crippen molar-refractivity contribution < 1.29 is 46.1 Å². The van der Waals surface area contributed by atoms with Crippen LogP contribution in [0.1, 0.15) is 38.1 Å². The van der Waals surface area contributed by atoms with Crippen LogP contribution in [0.15, 0.2) is 12.7 Å². The second kappa shape index (κ2) is 9.60. The van der Waals surface area contributed by atoms with Gasteiger partial charge in [-0.3, -0.25) is 0 Å². The SMILES string of the molecule is O=C(O)C(F)(F)F.O=C(O)C(F)(F)F.c1nc(NC2CC2)c2ncn([C@H]3C[C@@H]4CC[C@H]3N4)c2n1. The zero-order valence-electron chi connectivity index (χ0n) is 17.3. The molecule has 0 radical (unpaired) electrons. The average molecular weight is 498 g/mol. The third-order valence-corrected chi connectivity index (χ3v) is 5.39. The highest BCUT2D eigenvalue weighted by atomic mass is 19.4. The van der Waals surface area contributed by atoms with Crippen molar-refractivity contribution in [2.75, 3.05) is 5.32 Å². The molecule has 0 aromatic carbocycles. The molecule has 34 heavy (non-hydrogen) atoms. The fourth-order valence-corrected chi connectivity index (χ4v) is 3.72. The van der Waals surface area contributed by atoms with Gasteiger partial charge in [-0.05, 0) is 32.1 Å². The summed E-state index contributed by atoms with van der Waals surface area (Å²) in [6.45, 7) is 0. The van der Waals surface area contributed by atoms with Crippen LogP contribution in [0.2, 0.25) is 0 Å². The summed E-state index contributed by atoms with van der Waals surface area (Å²) in [5.41, 5.74) is 1.89. The normalized spacial score (nSPS) is 23.5. The third kappa shape index (κ3) is 6.24. The molecule has 2 saturated heterocycles. The van der Waals surface area contributed by atoms with Crippen molar-refractivity contribution in [1.29, 1.82) is 0 Å². The van der Waals surface area contributed by atoms with Crippen molar-refractivity contribution in [1.82, 2.24) is 24.8 Å². The van der Waals surface area contributed by atoms with E-state index in [0.717, 1.165) is 17.0 Å². The number of carbonyl (C=O) groups is 2. The lowest BCUT2D eigenvalue weighted by Crippen LogP contribution is -2.25. The van der Waals surface area contributed by atoms with Crippen LogP contribution in [0.5, 0.6) is 0 Å². The second-order valence-corrected chi connectivity index (χ2v) is 7.92. The zero-order valence-corrected chi connectivity index (χ0v) is 17.3. The Bertz CT molecular complexity index is 1010. The van der Waals surface area contributed by atoms with Crippen LogP contribution < -0.4 is 10.6 Å². The van der Waals surface area contributed by atoms with Crippen LogP contribution in [0.25, 0.3) is 11.2 Å². The van der Waals surface area contributed by atoms with E-state index in [0.29, 0.717) is 24.2 Å². The summed E-state index contributed by atoms with van der Waals surface area (Å²) in [5.74, 6) is -4.62. The molecule has 10 nitrogen and oxygen atoms in total. The number of aromatic nitrogens is 4. The quantitative estimate of drug-likeness (QED) is 0.470. The molecule has 2 aromatic rings. The molecule has 2 bridgehead atoms. The zero-order chi connectivity index (χ0) is 25.3. The third-order valence-electron chi connectivity index (χ3n) is 5.39. The number of hydrogen-bond acceptors (Lipinski definition) is 7. The van der Waals surface area contributed by atoms with Crippen molar-refractivity contribution >= 4 is 28.9 Å². The summed E-state index contributed by atoms with van der Waals surface area (Å²) >= 11 is 0. The smallest absolute Gasteiger partial charge is 0.475 e. The number of carboxylic acids is 2. The molecule has 5 rings (SSSR count). The molecular formula is C18H20F6N6O4. The molecule has 3 aliphatic rings. The number of hydrogen-bond donors (Lipinski definition) is 4. The first-order valence-electron chi connectivity index (χ1n) is 10.1. The number of nitrogens with one attached hydrogen (secondary N) is 2. The molecule has 0 spiro atoms. The van der Waals surface area contributed by atoms with E-state index < -0.39 is 24.3 Å². The molecule has 0 amide bonds. The van der Waals surface area contributed by atoms with Crippen LogP contribution in [0, 0.1) is 0 Å². The minimum Gasteiger partial charge on any atom is -0.475 e. The summed E-state index contributed by atoms with van der Waals surface area (Å²) in [7, 11) is 0. The molecule has 1 saturated carbocycles. The van der Waals surface area contributed by atoms with Gasteiger partial charge in [0.25, 0.3) is 0 Å². The number of alkyl halides is 6. The first-order valence-corrected chi connectivity index (χ1v) is 10.1. The van der Waals surface area contributed by atoms with Gasteiger partial charge in [-0.25, -0.2) is 24.5 Å². The standard InChI is InChI=1S/C14H18N6.2C2HF3O2/c1-2-8(1)19-13-12-14(16-6-15-13)20(7-17-12)11-5-9-3-4-10(11)18-9;2*3-2(4,5)1(6)7/h6-11,18H,1-5H2,(H,15,16,19);2*(H,6,7)/t9-,10+,11-;;/m0../s1. The summed E-state index contributed by atoms with van der Waals surface area (Å²) in [4.78, 5) is 31.2. The Morgan fingerprint density at radius 1 is 0.971 bits per heavy atom. The van der Waals surface area contributed by atoms with E-state index in [1.165, 1.54) is 32.1 Å². The Hall–Kier alpha value is -3.17. The molecule has 0 unspecified atom stereocenters. The van der Waals surface area contributed by atoms with Gasteiger partial charge in [0.05, 0.1) is 12.4 Å². The van der Waals surface area contributed by atoms with E-state index in [2.05, 4.69) is 30.2 Å². The van der Waals surface area contributed by atoms with Gasteiger partial charge in [-0.1, -0.05) is 0 Å². The first-order chi connectivity index (χ1) is 15.8. The Morgan fingerprint density at radius 2 is 1.56 bits per heavy atom. The maximum absolute atomic E-state index is 10.6. The summed E-state index contributed by atoms with van der Waals surface area (Å²) in [5, 5.41) is 21.4. The Morgan fingerprint density at radius 3 is 2.00 bits per heavy atom. The number of rotatable bonds is 3. The Balaban J connectivity index is 0.000000194. The minimum atomic E-state index is -5.08. The summed E-state index contributed by atoms with van der Waals surface area (Å²) in [6, 6.07) is 2.37. The molecular weight excluding hydrogens is 478 g/mol. The van der Waals surface area contributed by atoms with Crippen molar-refractivity contribution in [3.63, 3.8) is 0 Å². The molecule has 16 heteroatoms. The van der Waals surface area contributed by atoms with Gasteiger partial charge in [-0.15, -0.1) is 0 Å². The lowest BCUT2D eigenvalue weighted by atomic mass is 9.95. The molecule has 3 atom stereocenters. The van der Waals surface area contributed by atoms with E-state index in [1.54, 1.807) is 6.33 Å². The number of anilines is 1. The number of fused-ring (bicyclic) bond motifs is 3. The van der Waals surface area contributed by atoms with Crippen molar-refractivity contribution in [2.24, 2.45) is 0 Å². The van der Waals surface area contributed by atoms with Crippen LogP contribution in [0.3, 0.4) is 0 Å². The number of nitrogens with zero attached hydrogens (tertiary/aromatic N) is 4. The van der Waals surface area contributed by atoms with Gasteiger partial charge < -0.3 is 25.4 Å². The van der Waals surface area contributed by atoms with E-state index in [-0.39, 0.29) is 0 Å². The lowest BCUT2D eigenvalue weighted by molar-refractivity contribution is -0.193. The van der Waals surface area contributed by atoms with Crippen molar-refractivity contribution in [3.8, 4) is 0 Å². The predicted octanol–water partition coefficient (Wildman–Crippen LogP) is 2.73. The van der Waals surface area contributed by atoms with Gasteiger partial charge in [-0.2, -0.15) is 26.3 Å². The molecule has 2 aromatic heterocycles. The summed E-state index contributed by atoms with van der Waals surface area (Å²) in [6.07, 6.45) is -0.294. The molecule has 2 aliphatic heterocycles. The topological polar surface area (TPSA) is 142 Å². The number of carboxylic acid groups (broad SMARTS) is 2. The van der Waals surface area contributed by atoms with Crippen LogP contribution in [-0.2, 0) is 9.59 Å². The predicted molar refractivity (Wildman–Crippen MR) is 103 cm³/mol. The maximum atomic E-state index is 10.6. The average Bonchev–Trinajstić information content (AvgIpc) is 3.13. The second-order valence-electron chi connectivity index (χ2n) is 7.92. The Kier molecular flexibility index (Phi) is 7.18. The molecule has 4 N–H and O–H groups in total. The van der Waals surface area contributed by atoms with Crippen molar-refractivity contribution in [2.45, 2.75) is 68.6 Å². The molecule has 4 heterocycles. The first kappa shape index (κ1) is 25.5. The maximum Gasteiger partial charge on any atom is 0.490 e. The molecule has 188 valence electrons. The van der Waals surface area contributed by atoms with E-state index in [9.17, 15) is 26.3 Å². The molecule has 3 fully saturated rings.